The Bertz CT molecular complexity index is 729. The largest absolute Gasteiger partial charge is 0.480 e. The topological polar surface area (TPSA) is 90.8 Å². The third kappa shape index (κ3) is 5.06. The van der Waals surface area contributed by atoms with E-state index in [1.807, 2.05) is 11.8 Å². The van der Waals surface area contributed by atoms with Crippen LogP contribution in [0.1, 0.15) is 59.4 Å². The zero-order valence-electron chi connectivity index (χ0n) is 15.9. The zero-order valence-corrected chi connectivity index (χ0v) is 16.8. The molecule has 2 amide bonds. The second-order valence-electron chi connectivity index (χ2n) is 7.59. The van der Waals surface area contributed by atoms with E-state index in [9.17, 15) is 14.4 Å². The molecule has 7 nitrogen and oxygen atoms in total. The first-order valence-corrected chi connectivity index (χ1v) is 10.4. The second-order valence-corrected chi connectivity index (χ2v) is 8.67. The highest BCUT2D eigenvalue weighted by Crippen LogP contribution is 2.34. The Labute approximate surface area is 163 Å². The molecule has 1 saturated carbocycles. The summed E-state index contributed by atoms with van der Waals surface area (Å²) in [6.45, 7) is 4.17. The number of hydrogen-bond donors (Lipinski definition) is 1. The van der Waals surface area contributed by atoms with Gasteiger partial charge in [-0.25, -0.2) is 4.98 Å². The van der Waals surface area contributed by atoms with Gasteiger partial charge in [-0.05, 0) is 44.9 Å². The van der Waals surface area contributed by atoms with Crippen LogP contribution in [0.3, 0.4) is 0 Å². The van der Waals surface area contributed by atoms with Gasteiger partial charge in [-0.3, -0.25) is 14.4 Å². The number of thiazole rings is 1. The summed E-state index contributed by atoms with van der Waals surface area (Å²) in [5.41, 5.74) is 0.803. The lowest BCUT2D eigenvalue weighted by atomic mass is 10.1. The summed E-state index contributed by atoms with van der Waals surface area (Å²) in [4.78, 5) is 44.5. The Morgan fingerprint density at radius 2 is 1.96 bits per heavy atom. The Hall–Kier alpha value is -1.96. The Morgan fingerprint density at radius 3 is 2.59 bits per heavy atom. The van der Waals surface area contributed by atoms with Gasteiger partial charge in [-0.2, -0.15) is 0 Å². The Balaban J connectivity index is 1.64. The van der Waals surface area contributed by atoms with Crippen LogP contribution in [0, 0.1) is 12.8 Å². The summed E-state index contributed by atoms with van der Waals surface area (Å²) in [6.07, 6.45) is 5.57. The number of aliphatic carboxylic acids is 1. The average Bonchev–Trinajstić information content (AvgIpc) is 3.37. The van der Waals surface area contributed by atoms with E-state index in [4.69, 9.17) is 5.11 Å². The van der Waals surface area contributed by atoms with Gasteiger partial charge in [0.1, 0.15) is 11.4 Å². The van der Waals surface area contributed by atoms with Gasteiger partial charge < -0.3 is 14.9 Å². The standard InChI is InChI=1S/C19H27N3O4S/c1-12-18(27-16(20-12)10-14-5-6-14)19(26)21-8-3-4-15(7-9-21)22(13(2)23)11-17(24)25/h14-15H,3-11H2,1-2H3,(H,24,25). The number of carbonyl (C=O) groups is 3. The van der Waals surface area contributed by atoms with Gasteiger partial charge in [0, 0.05) is 32.5 Å². The van der Waals surface area contributed by atoms with Gasteiger partial charge in [0.25, 0.3) is 5.91 Å². The minimum absolute atomic E-state index is 0.0142. The smallest absolute Gasteiger partial charge is 0.323 e. The first kappa shape index (κ1) is 19.8. The van der Waals surface area contributed by atoms with Crippen molar-refractivity contribution in [2.24, 2.45) is 5.92 Å². The van der Waals surface area contributed by atoms with E-state index in [1.165, 1.54) is 36.0 Å². The van der Waals surface area contributed by atoms with Crippen LogP contribution in [-0.2, 0) is 16.0 Å². The van der Waals surface area contributed by atoms with Crippen LogP contribution >= 0.6 is 11.3 Å². The predicted octanol–water partition coefficient (Wildman–Crippen LogP) is 2.33. The highest BCUT2D eigenvalue weighted by atomic mass is 32.1. The molecule has 0 spiro atoms. The SMILES string of the molecule is CC(=O)N(CC(=O)O)C1CCCN(C(=O)c2sc(CC3CC3)nc2C)CC1. The van der Waals surface area contributed by atoms with Crippen LogP contribution in [-0.4, -0.2) is 63.4 Å². The number of nitrogens with zero attached hydrogens (tertiary/aromatic N) is 3. The molecular weight excluding hydrogens is 366 g/mol. The molecule has 2 heterocycles. The van der Waals surface area contributed by atoms with Gasteiger partial charge in [0.05, 0.1) is 10.7 Å². The van der Waals surface area contributed by atoms with Crippen molar-refractivity contribution < 1.29 is 19.5 Å². The van der Waals surface area contributed by atoms with E-state index in [2.05, 4.69) is 4.98 Å². The van der Waals surface area contributed by atoms with E-state index < -0.39 is 5.97 Å². The summed E-state index contributed by atoms with van der Waals surface area (Å²) in [5.74, 6) is -0.486. The summed E-state index contributed by atoms with van der Waals surface area (Å²) in [6, 6.07) is -0.135. The molecule has 148 valence electrons. The van der Waals surface area contributed by atoms with Crippen LogP contribution < -0.4 is 0 Å². The molecule has 1 N–H and O–H groups in total. The van der Waals surface area contributed by atoms with Crippen molar-refractivity contribution in [2.75, 3.05) is 19.6 Å². The normalized spacial score (nSPS) is 20.2. The fourth-order valence-electron chi connectivity index (χ4n) is 3.69. The molecule has 3 rings (SSSR count). The van der Waals surface area contributed by atoms with Gasteiger partial charge >= 0.3 is 5.97 Å². The van der Waals surface area contributed by atoms with Crippen molar-refractivity contribution in [2.45, 2.75) is 58.4 Å². The summed E-state index contributed by atoms with van der Waals surface area (Å²) < 4.78 is 0. The summed E-state index contributed by atoms with van der Waals surface area (Å²) >= 11 is 1.51. The fraction of sp³-hybridized carbons (Fsp3) is 0.684. The maximum Gasteiger partial charge on any atom is 0.323 e. The molecule has 27 heavy (non-hydrogen) atoms. The van der Waals surface area contributed by atoms with Gasteiger partial charge in [0.15, 0.2) is 0 Å². The van der Waals surface area contributed by atoms with Crippen molar-refractivity contribution in [1.29, 1.82) is 0 Å². The number of carboxylic acids is 1. The third-order valence-corrected chi connectivity index (χ3v) is 6.50. The maximum absolute atomic E-state index is 13.0. The summed E-state index contributed by atoms with van der Waals surface area (Å²) in [5, 5.41) is 10.1. The number of aryl methyl sites for hydroxylation is 1. The van der Waals surface area contributed by atoms with Crippen LogP contribution in [0.4, 0.5) is 0 Å². The molecule has 1 saturated heterocycles. The number of carbonyl (C=O) groups excluding carboxylic acids is 2. The highest BCUT2D eigenvalue weighted by Gasteiger charge is 2.30. The molecule has 1 aliphatic carbocycles. The summed E-state index contributed by atoms with van der Waals surface area (Å²) in [7, 11) is 0. The van der Waals surface area contributed by atoms with Crippen LogP contribution in [0.5, 0.6) is 0 Å². The predicted molar refractivity (Wildman–Crippen MR) is 102 cm³/mol. The molecule has 1 aliphatic heterocycles. The number of likely N-dealkylation sites (tertiary alicyclic amines) is 1. The lowest BCUT2D eigenvalue weighted by molar-refractivity contribution is -0.145. The Morgan fingerprint density at radius 1 is 1.22 bits per heavy atom. The fourth-order valence-corrected chi connectivity index (χ4v) is 4.83. The lowest BCUT2D eigenvalue weighted by Gasteiger charge is -2.28. The molecule has 0 radical (unpaired) electrons. The van der Waals surface area contributed by atoms with E-state index in [1.54, 1.807) is 0 Å². The number of hydrogen-bond acceptors (Lipinski definition) is 5. The third-order valence-electron chi connectivity index (χ3n) is 5.33. The van der Waals surface area contributed by atoms with Crippen molar-refractivity contribution in [3.8, 4) is 0 Å². The van der Waals surface area contributed by atoms with E-state index in [0.717, 1.165) is 34.3 Å². The molecule has 0 bridgehead atoms. The van der Waals surface area contributed by atoms with Crippen LogP contribution in [0.2, 0.25) is 0 Å². The first-order valence-electron chi connectivity index (χ1n) is 9.59. The number of aromatic nitrogens is 1. The Kier molecular flexibility index (Phi) is 6.14. The average molecular weight is 394 g/mol. The molecule has 2 aliphatic rings. The molecule has 2 fully saturated rings. The molecule has 1 unspecified atom stereocenters. The van der Waals surface area contributed by atoms with Gasteiger partial charge in [-0.1, -0.05) is 0 Å². The zero-order chi connectivity index (χ0) is 19.6. The molecule has 8 heteroatoms. The van der Waals surface area contributed by atoms with Crippen molar-refractivity contribution >= 4 is 29.1 Å². The molecule has 1 aromatic rings. The van der Waals surface area contributed by atoms with Crippen molar-refractivity contribution in [3.63, 3.8) is 0 Å². The first-order chi connectivity index (χ1) is 12.8. The number of amides is 2. The molecular formula is C19H27N3O4S. The van der Waals surface area contributed by atoms with Crippen LogP contribution in [0.15, 0.2) is 0 Å². The lowest BCUT2D eigenvalue weighted by Crippen LogP contribution is -2.43. The van der Waals surface area contributed by atoms with E-state index >= 15 is 0 Å². The number of carboxylic acid groups (broad SMARTS) is 1. The monoisotopic (exact) mass is 393 g/mol. The molecule has 0 aromatic carbocycles. The highest BCUT2D eigenvalue weighted by molar-refractivity contribution is 7.13. The minimum atomic E-state index is -1.01. The molecule has 1 atom stereocenters. The van der Waals surface area contributed by atoms with E-state index in [-0.39, 0.29) is 24.4 Å². The van der Waals surface area contributed by atoms with Gasteiger partial charge in [-0.15, -0.1) is 11.3 Å². The van der Waals surface area contributed by atoms with Gasteiger partial charge in [0.2, 0.25) is 5.91 Å². The van der Waals surface area contributed by atoms with Crippen LogP contribution in [0.25, 0.3) is 0 Å². The number of rotatable bonds is 6. The quantitative estimate of drug-likeness (QED) is 0.801. The second kappa shape index (κ2) is 8.37. The van der Waals surface area contributed by atoms with Crippen molar-refractivity contribution in [3.05, 3.63) is 15.6 Å². The van der Waals surface area contributed by atoms with E-state index in [0.29, 0.717) is 25.9 Å². The molecule has 1 aromatic heterocycles. The maximum atomic E-state index is 13.0. The van der Waals surface area contributed by atoms with Crippen molar-refractivity contribution in [1.82, 2.24) is 14.8 Å². The minimum Gasteiger partial charge on any atom is -0.480 e.